The Morgan fingerprint density at radius 1 is 1.31 bits per heavy atom. The summed E-state index contributed by atoms with van der Waals surface area (Å²) in [6.07, 6.45) is 0. The van der Waals surface area contributed by atoms with Gasteiger partial charge in [-0.1, -0.05) is 12.1 Å². The highest BCUT2D eigenvalue weighted by Crippen LogP contribution is 2.35. The molecule has 0 radical (unpaired) electrons. The van der Waals surface area contributed by atoms with Crippen molar-refractivity contribution in [2.75, 3.05) is 17.7 Å². The minimum atomic E-state index is -1.77. The lowest BCUT2D eigenvalue weighted by Gasteiger charge is -2.32. The van der Waals surface area contributed by atoms with Crippen molar-refractivity contribution in [3.05, 3.63) is 53.7 Å². The van der Waals surface area contributed by atoms with E-state index in [4.69, 9.17) is 9.47 Å². The van der Waals surface area contributed by atoms with Gasteiger partial charge in [-0.25, -0.2) is 9.37 Å². The van der Waals surface area contributed by atoms with Gasteiger partial charge in [-0.05, 0) is 37.3 Å². The average molecular weight is 413 g/mol. The van der Waals surface area contributed by atoms with Gasteiger partial charge >= 0.3 is 0 Å². The molecule has 0 fully saturated rings. The van der Waals surface area contributed by atoms with Crippen LogP contribution in [0.15, 0.2) is 47.8 Å². The van der Waals surface area contributed by atoms with Crippen LogP contribution in [0.1, 0.15) is 6.92 Å². The number of carbonyl (C=O) groups is 2. The largest absolute Gasteiger partial charge is 0.496 e. The van der Waals surface area contributed by atoms with Crippen LogP contribution in [0, 0.1) is 5.82 Å². The standard InChI is InChI=1S/C20H16FN3O4S/c1-20(17(25)22-13-5-3-4-6-16(13)28-20)18(26)24-19-23-14(10-29-19)12-9-11(21)7-8-15(12)27-2/h3-10H,1-2H3,(H,22,25)(H,23,24,26). The summed E-state index contributed by atoms with van der Waals surface area (Å²) in [7, 11) is 1.48. The van der Waals surface area contributed by atoms with Gasteiger partial charge in [0.15, 0.2) is 5.13 Å². The number of nitrogens with one attached hydrogen (secondary N) is 2. The molecule has 148 valence electrons. The second-order valence-electron chi connectivity index (χ2n) is 6.42. The molecule has 3 aromatic rings. The van der Waals surface area contributed by atoms with Gasteiger partial charge in [0.05, 0.1) is 18.5 Å². The molecule has 2 aromatic carbocycles. The van der Waals surface area contributed by atoms with Crippen LogP contribution in [0.25, 0.3) is 11.3 Å². The third-order valence-electron chi connectivity index (χ3n) is 4.48. The van der Waals surface area contributed by atoms with E-state index in [0.717, 1.165) is 11.3 Å². The molecule has 2 heterocycles. The number of ether oxygens (including phenoxy) is 2. The summed E-state index contributed by atoms with van der Waals surface area (Å²) in [4.78, 5) is 29.6. The number of fused-ring (bicyclic) bond motifs is 1. The van der Waals surface area contributed by atoms with Gasteiger partial charge in [-0.15, -0.1) is 11.3 Å². The Balaban J connectivity index is 1.57. The lowest BCUT2D eigenvalue weighted by atomic mass is 10.0. The smallest absolute Gasteiger partial charge is 0.280 e. The van der Waals surface area contributed by atoms with E-state index >= 15 is 0 Å². The fourth-order valence-electron chi connectivity index (χ4n) is 2.87. The monoisotopic (exact) mass is 413 g/mol. The maximum atomic E-state index is 13.6. The predicted octanol–water partition coefficient (Wildman–Crippen LogP) is 3.69. The van der Waals surface area contributed by atoms with Gasteiger partial charge in [0.25, 0.3) is 17.4 Å². The van der Waals surface area contributed by atoms with Gasteiger partial charge in [0, 0.05) is 10.9 Å². The Morgan fingerprint density at radius 3 is 2.90 bits per heavy atom. The molecule has 7 nitrogen and oxygen atoms in total. The zero-order chi connectivity index (χ0) is 20.6. The molecule has 0 saturated heterocycles. The normalized spacial score (nSPS) is 17.7. The van der Waals surface area contributed by atoms with Crippen molar-refractivity contribution in [1.82, 2.24) is 4.98 Å². The first kappa shape index (κ1) is 18.9. The number of carbonyl (C=O) groups excluding carboxylic acids is 2. The van der Waals surface area contributed by atoms with Crippen molar-refractivity contribution < 1.29 is 23.5 Å². The molecule has 1 aliphatic rings. The number of aromatic nitrogens is 1. The van der Waals surface area contributed by atoms with E-state index in [1.165, 1.54) is 32.2 Å². The van der Waals surface area contributed by atoms with E-state index in [1.807, 2.05) is 0 Å². The molecule has 1 unspecified atom stereocenters. The molecule has 1 atom stereocenters. The summed E-state index contributed by atoms with van der Waals surface area (Å²) in [6, 6.07) is 10.9. The zero-order valence-corrected chi connectivity index (χ0v) is 16.3. The maximum Gasteiger partial charge on any atom is 0.280 e. The van der Waals surface area contributed by atoms with Crippen molar-refractivity contribution in [2.45, 2.75) is 12.5 Å². The number of hydrogen-bond acceptors (Lipinski definition) is 6. The van der Waals surface area contributed by atoms with Crippen LogP contribution in [-0.2, 0) is 9.59 Å². The first-order valence-corrected chi connectivity index (χ1v) is 9.49. The van der Waals surface area contributed by atoms with Crippen molar-refractivity contribution >= 4 is 34.0 Å². The molecule has 0 spiro atoms. The molecular formula is C20H16FN3O4S. The highest BCUT2D eigenvalue weighted by molar-refractivity contribution is 7.14. The highest BCUT2D eigenvalue weighted by atomic mass is 32.1. The zero-order valence-electron chi connectivity index (χ0n) is 15.5. The van der Waals surface area contributed by atoms with Crippen LogP contribution in [0.4, 0.5) is 15.2 Å². The number of benzene rings is 2. The quantitative estimate of drug-likeness (QED) is 0.637. The van der Waals surface area contributed by atoms with Crippen LogP contribution < -0.4 is 20.1 Å². The van der Waals surface area contributed by atoms with Crippen molar-refractivity contribution in [3.8, 4) is 22.8 Å². The Morgan fingerprint density at radius 2 is 2.10 bits per heavy atom. The lowest BCUT2D eigenvalue weighted by Crippen LogP contribution is -2.56. The van der Waals surface area contributed by atoms with Crippen molar-refractivity contribution in [3.63, 3.8) is 0 Å². The van der Waals surface area contributed by atoms with E-state index in [2.05, 4.69) is 15.6 Å². The molecule has 0 bridgehead atoms. The third kappa shape index (κ3) is 3.40. The SMILES string of the molecule is COc1ccc(F)cc1-c1csc(NC(=O)C2(C)Oc3ccccc3NC2=O)n1. The summed E-state index contributed by atoms with van der Waals surface area (Å²) in [5, 5.41) is 7.18. The number of amides is 2. The van der Waals surface area contributed by atoms with Crippen LogP contribution in [0.2, 0.25) is 0 Å². The summed E-state index contributed by atoms with van der Waals surface area (Å²) >= 11 is 1.14. The summed E-state index contributed by atoms with van der Waals surface area (Å²) in [5.41, 5.74) is -0.379. The number of thiazole rings is 1. The fourth-order valence-corrected chi connectivity index (χ4v) is 3.57. The van der Waals surface area contributed by atoms with Gasteiger partial charge in [-0.2, -0.15) is 0 Å². The fraction of sp³-hybridized carbons (Fsp3) is 0.150. The van der Waals surface area contributed by atoms with Crippen LogP contribution in [-0.4, -0.2) is 29.5 Å². The van der Waals surface area contributed by atoms with Crippen molar-refractivity contribution in [1.29, 1.82) is 0 Å². The second-order valence-corrected chi connectivity index (χ2v) is 7.28. The predicted molar refractivity (Wildman–Crippen MR) is 107 cm³/mol. The third-order valence-corrected chi connectivity index (χ3v) is 5.24. The molecule has 1 aromatic heterocycles. The Hall–Kier alpha value is -3.46. The number of para-hydroxylation sites is 2. The minimum absolute atomic E-state index is 0.243. The van der Waals surface area contributed by atoms with Crippen LogP contribution in [0.3, 0.4) is 0 Å². The summed E-state index contributed by atoms with van der Waals surface area (Å²) in [5.74, 6) is -0.839. The molecular weight excluding hydrogens is 397 g/mol. The number of methoxy groups -OCH3 is 1. The second kappa shape index (κ2) is 7.17. The summed E-state index contributed by atoms with van der Waals surface area (Å²) < 4.78 is 24.6. The highest BCUT2D eigenvalue weighted by Gasteiger charge is 2.47. The van der Waals surface area contributed by atoms with Crippen molar-refractivity contribution in [2.24, 2.45) is 0 Å². The van der Waals surface area contributed by atoms with Gasteiger partial charge in [0.2, 0.25) is 0 Å². The molecule has 1 aliphatic heterocycles. The van der Waals surface area contributed by atoms with Gasteiger partial charge < -0.3 is 14.8 Å². The molecule has 9 heteroatoms. The lowest BCUT2D eigenvalue weighted by molar-refractivity contribution is -0.143. The molecule has 29 heavy (non-hydrogen) atoms. The van der Waals surface area contributed by atoms with E-state index in [0.29, 0.717) is 28.4 Å². The molecule has 0 saturated carbocycles. The van der Waals surface area contributed by atoms with Crippen LogP contribution >= 0.6 is 11.3 Å². The van der Waals surface area contributed by atoms with Crippen LogP contribution in [0.5, 0.6) is 11.5 Å². The number of halogens is 1. The molecule has 4 rings (SSSR count). The number of anilines is 2. The number of nitrogens with zero attached hydrogens (tertiary/aromatic N) is 1. The molecule has 2 amide bonds. The Labute approximate surface area is 169 Å². The summed E-state index contributed by atoms with van der Waals surface area (Å²) in [6.45, 7) is 1.39. The maximum absolute atomic E-state index is 13.6. The topological polar surface area (TPSA) is 89.5 Å². The van der Waals surface area contributed by atoms with E-state index in [-0.39, 0.29) is 5.13 Å². The van der Waals surface area contributed by atoms with Gasteiger partial charge in [-0.3, -0.25) is 14.9 Å². The molecule has 0 aliphatic carbocycles. The number of rotatable bonds is 4. The van der Waals surface area contributed by atoms with Gasteiger partial charge in [0.1, 0.15) is 17.3 Å². The number of hydrogen-bond donors (Lipinski definition) is 2. The van der Waals surface area contributed by atoms with E-state index in [1.54, 1.807) is 29.6 Å². The first-order valence-electron chi connectivity index (χ1n) is 8.61. The Kier molecular flexibility index (Phi) is 4.67. The minimum Gasteiger partial charge on any atom is -0.496 e. The van der Waals surface area contributed by atoms with E-state index in [9.17, 15) is 14.0 Å². The van der Waals surface area contributed by atoms with E-state index < -0.39 is 23.2 Å². The molecule has 2 N–H and O–H groups in total. The average Bonchev–Trinajstić information content (AvgIpc) is 3.17. The first-order chi connectivity index (χ1) is 13.9. The Bertz CT molecular complexity index is 1120.